The van der Waals surface area contributed by atoms with Crippen LogP contribution in [0.25, 0.3) is 56.0 Å². The fourth-order valence-electron chi connectivity index (χ4n) is 6.96. The number of hydrogen-bond acceptors (Lipinski definition) is 3. The van der Waals surface area contributed by atoms with E-state index < -0.39 is 0 Å². The average molecular weight is 559 g/mol. The Labute approximate surface area is 257 Å². The molecule has 0 spiro atoms. The highest BCUT2D eigenvalue weighted by Gasteiger charge is 2.42. The highest BCUT2D eigenvalue weighted by molar-refractivity contribution is 6.92. The van der Waals surface area contributed by atoms with E-state index >= 15 is 0 Å². The largest absolute Gasteiger partial charge is 0.376 e. The van der Waals surface area contributed by atoms with Crippen molar-refractivity contribution in [2.75, 3.05) is 4.81 Å². The lowest BCUT2D eigenvalue weighted by Crippen LogP contribution is -2.59. The third-order valence-corrected chi connectivity index (χ3v) is 8.94. The molecule has 2 aliphatic heterocycles. The normalized spacial score (nSPS) is 12.5. The van der Waals surface area contributed by atoms with Crippen molar-refractivity contribution in [3.05, 3.63) is 158 Å². The number of hydrogen-bond donors (Lipinski definition) is 0. The molecule has 0 amide bonds. The Morgan fingerprint density at radius 1 is 0.409 bits per heavy atom. The van der Waals surface area contributed by atoms with E-state index in [2.05, 4.69) is 137 Å². The summed E-state index contributed by atoms with van der Waals surface area (Å²) in [6, 6.07) is 54.3. The van der Waals surface area contributed by atoms with Crippen LogP contribution in [0.1, 0.15) is 0 Å². The molecule has 204 valence electrons. The third-order valence-electron chi connectivity index (χ3n) is 8.94. The summed E-state index contributed by atoms with van der Waals surface area (Å²) in [5, 5.41) is 0. The first kappa shape index (κ1) is 24.8. The summed E-state index contributed by atoms with van der Waals surface area (Å²) in [6.07, 6.45) is 1.81. The maximum absolute atomic E-state index is 5.03. The predicted octanol–water partition coefficient (Wildman–Crippen LogP) is 8.38. The van der Waals surface area contributed by atoms with Gasteiger partial charge in [0.25, 0.3) is 0 Å². The molecule has 0 aliphatic carbocycles. The van der Waals surface area contributed by atoms with E-state index in [9.17, 15) is 0 Å². The quantitative estimate of drug-likeness (QED) is 0.204. The van der Waals surface area contributed by atoms with Gasteiger partial charge in [0.2, 0.25) is 0 Å². The Hall–Kier alpha value is -5.74. The van der Waals surface area contributed by atoms with Crippen LogP contribution in [0.4, 0.5) is 11.4 Å². The topological polar surface area (TPSA) is 29.0 Å². The molecule has 0 radical (unpaired) electrons. The third kappa shape index (κ3) is 3.85. The fraction of sp³-hybridized carbons (Fsp3) is 0. The van der Waals surface area contributed by atoms with Gasteiger partial charge in [-0.25, -0.2) is 4.98 Å². The Morgan fingerprint density at radius 2 is 1.00 bits per heavy atom. The second-order valence-electron chi connectivity index (χ2n) is 11.4. The van der Waals surface area contributed by atoms with Crippen molar-refractivity contribution in [2.45, 2.75) is 0 Å². The zero-order valence-corrected chi connectivity index (χ0v) is 23.9. The van der Waals surface area contributed by atoms with Gasteiger partial charge in [-0.05, 0) is 81.7 Å². The number of pyridine rings is 2. The molecule has 0 bridgehead atoms. The number of fused-ring (bicyclic) bond motifs is 11. The Kier molecular flexibility index (Phi) is 5.60. The highest BCUT2D eigenvalue weighted by Crippen LogP contribution is 2.47. The van der Waals surface area contributed by atoms with E-state index in [1.807, 2.05) is 30.5 Å². The summed E-state index contributed by atoms with van der Waals surface area (Å²) < 4.78 is 0. The minimum atomic E-state index is 0.0847. The van der Waals surface area contributed by atoms with Crippen LogP contribution in [-0.4, -0.2) is 16.8 Å². The lowest BCUT2D eigenvalue weighted by atomic mass is 9.43. The van der Waals surface area contributed by atoms with Crippen molar-refractivity contribution in [2.24, 2.45) is 0 Å². The van der Waals surface area contributed by atoms with Crippen LogP contribution < -0.4 is 15.7 Å². The van der Waals surface area contributed by atoms with Crippen molar-refractivity contribution in [1.82, 2.24) is 9.97 Å². The predicted molar refractivity (Wildman–Crippen MR) is 183 cm³/mol. The van der Waals surface area contributed by atoms with Gasteiger partial charge in [0.1, 0.15) is 0 Å². The van der Waals surface area contributed by atoms with Gasteiger partial charge < -0.3 is 4.81 Å². The molecule has 0 unspecified atom stereocenters. The van der Waals surface area contributed by atoms with Gasteiger partial charge in [0.15, 0.2) is 0 Å². The lowest BCUT2D eigenvalue weighted by Gasteiger charge is -2.43. The van der Waals surface area contributed by atoms with E-state index in [0.717, 1.165) is 22.6 Å². The standard InChI is InChI=1S/C40H26BN3/c1-2-11-27(12-3-1)28-20-22-39-32(25-28)30-13-4-6-15-34(30)41-35-16-7-5-14-31(35)33-26-29(21-23-40(33)44(39)41)36-18-10-19-38(43-36)37-17-8-9-24-42-37/h1-26H. The van der Waals surface area contributed by atoms with Gasteiger partial charge >= 0.3 is 6.85 Å². The second kappa shape index (κ2) is 9.93. The van der Waals surface area contributed by atoms with Crippen molar-refractivity contribution < 1.29 is 0 Å². The summed E-state index contributed by atoms with van der Waals surface area (Å²) in [6.45, 7) is 0.0847. The molecule has 9 rings (SSSR count). The van der Waals surface area contributed by atoms with Crippen LogP contribution in [-0.2, 0) is 0 Å². The van der Waals surface area contributed by atoms with Gasteiger partial charge in [-0.3, -0.25) is 4.98 Å². The number of anilines is 2. The summed E-state index contributed by atoms with van der Waals surface area (Å²) >= 11 is 0. The van der Waals surface area contributed by atoms with Gasteiger partial charge in [-0.15, -0.1) is 0 Å². The second-order valence-corrected chi connectivity index (χ2v) is 11.4. The Bertz CT molecular complexity index is 2190. The minimum Gasteiger partial charge on any atom is -0.376 e. The van der Waals surface area contributed by atoms with Crippen molar-refractivity contribution in [1.29, 1.82) is 0 Å². The maximum atomic E-state index is 5.03. The number of rotatable bonds is 3. The van der Waals surface area contributed by atoms with E-state index in [1.54, 1.807) is 0 Å². The highest BCUT2D eigenvalue weighted by atomic mass is 15.1. The van der Waals surface area contributed by atoms with E-state index in [1.165, 1.54) is 55.7 Å². The van der Waals surface area contributed by atoms with Crippen molar-refractivity contribution in [3.63, 3.8) is 0 Å². The molecule has 4 heterocycles. The van der Waals surface area contributed by atoms with Crippen LogP contribution in [0.2, 0.25) is 0 Å². The van der Waals surface area contributed by atoms with Crippen LogP contribution in [0.3, 0.4) is 0 Å². The molecular formula is C40H26BN3. The molecule has 0 saturated carbocycles. The molecule has 2 aliphatic rings. The van der Waals surface area contributed by atoms with E-state index in [0.29, 0.717) is 0 Å². The zero-order valence-electron chi connectivity index (χ0n) is 23.9. The fourth-order valence-corrected chi connectivity index (χ4v) is 6.96. The van der Waals surface area contributed by atoms with Gasteiger partial charge in [-0.2, -0.15) is 0 Å². The molecule has 2 aromatic heterocycles. The smallest absolute Gasteiger partial charge is 0.329 e. The SMILES string of the molecule is c1ccc(-c2ccc3c(c2)-c2ccccc2B2c4ccccc4-c4cc(-c5cccc(-c6ccccn6)n5)ccc4N23)cc1. The molecular weight excluding hydrogens is 533 g/mol. The van der Waals surface area contributed by atoms with E-state index in [-0.39, 0.29) is 6.85 Å². The lowest BCUT2D eigenvalue weighted by molar-refractivity contribution is 1.25. The first-order chi connectivity index (χ1) is 21.8. The minimum absolute atomic E-state index is 0.0847. The molecule has 0 atom stereocenters. The molecule has 0 saturated heterocycles. The van der Waals surface area contributed by atoms with Gasteiger partial charge in [0, 0.05) is 34.3 Å². The molecule has 5 aromatic carbocycles. The van der Waals surface area contributed by atoms with Crippen LogP contribution in [0.15, 0.2) is 158 Å². The van der Waals surface area contributed by atoms with Crippen molar-refractivity contribution in [3.8, 4) is 56.0 Å². The molecule has 7 aromatic rings. The number of aromatic nitrogens is 2. The molecule has 4 heteroatoms. The Balaban J connectivity index is 1.24. The van der Waals surface area contributed by atoms with E-state index in [4.69, 9.17) is 4.98 Å². The van der Waals surface area contributed by atoms with Crippen LogP contribution >= 0.6 is 0 Å². The summed E-state index contributed by atoms with van der Waals surface area (Å²) in [5.74, 6) is 0. The van der Waals surface area contributed by atoms with Crippen molar-refractivity contribution >= 4 is 29.1 Å². The van der Waals surface area contributed by atoms with Crippen LogP contribution in [0.5, 0.6) is 0 Å². The zero-order chi connectivity index (χ0) is 29.0. The van der Waals surface area contributed by atoms with Crippen LogP contribution in [0, 0.1) is 0 Å². The monoisotopic (exact) mass is 559 g/mol. The summed E-state index contributed by atoms with van der Waals surface area (Å²) in [7, 11) is 0. The molecule has 3 nitrogen and oxygen atoms in total. The summed E-state index contributed by atoms with van der Waals surface area (Å²) in [5.41, 5.74) is 16.4. The average Bonchev–Trinajstić information content (AvgIpc) is 3.12. The summed E-state index contributed by atoms with van der Waals surface area (Å²) in [4.78, 5) is 12.1. The first-order valence-electron chi connectivity index (χ1n) is 15.0. The first-order valence-corrected chi connectivity index (χ1v) is 15.0. The molecule has 44 heavy (non-hydrogen) atoms. The maximum Gasteiger partial charge on any atom is 0.329 e. The molecule has 0 N–H and O–H groups in total. The van der Waals surface area contributed by atoms with Gasteiger partial charge in [0.05, 0.1) is 17.1 Å². The number of nitrogens with zero attached hydrogens (tertiary/aromatic N) is 3. The molecule has 0 fully saturated rings. The Morgan fingerprint density at radius 3 is 1.70 bits per heavy atom. The van der Waals surface area contributed by atoms with Gasteiger partial charge in [-0.1, -0.05) is 103 Å². The number of benzene rings is 5.